The summed E-state index contributed by atoms with van der Waals surface area (Å²) in [6.45, 7) is 3.63. The van der Waals surface area contributed by atoms with Crippen LogP contribution in [0.3, 0.4) is 0 Å². The number of thiophene rings is 1. The highest BCUT2D eigenvalue weighted by molar-refractivity contribution is 7.17. The van der Waals surface area contributed by atoms with E-state index >= 15 is 0 Å². The van der Waals surface area contributed by atoms with Gasteiger partial charge in [0.1, 0.15) is 0 Å². The van der Waals surface area contributed by atoms with E-state index in [-0.39, 0.29) is 6.61 Å². The molecule has 17 heavy (non-hydrogen) atoms. The molecule has 0 aliphatic carbocycles. The Morgan fingerprint density at radius 3 is 3.00 bits per heavy atom. The van der Waals surface area contributed by atoms with E-state index in [1.54, 1.807) is 11.3 Å². The van der Waals surface area contributed by atoms with Gasteiger partial charge in [-0.2, -0.15) is 0 Å². The SMILES string of the molecule is CCc1cc(COCCCO)c2ccsc2c1. The molecule has 2 rings (SSSR count). The zero-order valence-electron chi connectivity index (χ0n) is 10.1. The molecule has 1 heterocycles. The van der Waals surface area contributed by atoms with Crippen molar-refractivity contribution in [1.82, 2.24) is 0 Å². The Balaban J connectivity index is 2.16. The fourth-order valence-electron chi connectivity index (χ4n) is 1.88. The molecule has 2 nitrogen and oxygen atoms in total. The number of ether oxygens (including phenoxy) is 1. The summed E-state index contributed by atoms with van der Waals surface area (Å²) in [4.78, 5) is 0. The summed E-state index contributed by atoms with van der Waals surface area (Å²) in [6.07, 6.45) is 1.76. The standard InChI is InChI=1S/C14H18O2S/c1-2-11-8-12(10-16-6-3-5-15)13-4-7-17-14(13)9-11/h4,7-9,15H,2-3,5-6,10H2,1H3. The molecule has 1 aromatic carbocycles. The van der Waals surface area contributed by atoms with Crippen LogP contribution in [-0.2, 0) is 17.8 Å². The number of benzene rings is 1. The zero-order valence-corrected chi connectivity index (χ0v) is 10.9. The third-order valence-corrected chi connectivity index (χ3v) is 3.69. The van der Waals surface area contributed by atoms with Gasteiger partial charge in [-0.15, -0.1) is 11.3 Å². The van der Waals surface area contributed by atoms with Crippen LogP contribution in [-0.4, -0.2) is 18.3 Å². The smallest absolute Gasteiger partial charge is 0.0723 e. The number of aliphatic hydroxyl groups excluding tert-OH is 1. The van der Waals surface area contributed by atoms with Gasteiger partial charge in [-0.3, -0.25) is 0 Å². The molecule has 0 amide bonds. The van der Waals surface area contributed by atoms with Crippen LogP contribution in [0.1, 0.15) is 24.5 Å². The Morgan fingerprint density at radius 1 is 1.35 bits per heavy atom. The Labute approximate surface area is 106 Å². The summed E-state index contributed by atoms with van der Waals surface area (Å²) in [5.41, 5.74) is 2.62. The third kappa shape index (κ3) is 3.06. The van der Waals surface area contributed by atoms with Gasteiger partial charge in [-0.1, -0.05) is 13.0 Å². The van der Waals surface area contributed by atoms with Gasteiger partial charge in [0.05, 0.1) is 6.61 Å². The first-order valence-electron chi connectivity index (χ1n) is 6.02. The highest BCUT2D eigenvalue weighted by Gasteiger charge is 2.05. The van der Waals surface area contributed by atoms with Gasteiger partial charge in [0, 0.05) is 17.9 Å². The summed E-state index contributed by atoms with van der Waals surface area (Å²) in [7, 11) is 0. The molecule has 0 atom stereocenters. The molecular weight excluding hydrogens is 232 g/mol. The van der Waals surface area contributed by atoms with Crippen LogP contribution in [0.15, 0.2) is 23.6 Å². The average Bonchev–Trinajstić information content (AvgIpc) is 2.82. The predicted molar refractivity (Wildman–Crippen MR) is 72.6 cm³/mol. The summed E-state index contributed by atoms with van der Waals surface area (Å²) in [5, 5.41) is 12.1. The predicted octanol–water partition coefficient (Wildman–Crippen LogP) is 3.36. The molecule has 0 aliphatic heterocycles. The molecule has 2 aromatic rings. The van der Waals surface area contributed by atoms with Crippen molar-refractivity contribution in [2.45, 2.75) is 26.4 Å². The minimum atomic E-state index is 0.197. The van der Waals surface area contributed by atoms with Gasteiger partial charge in [-0.05, 0) is 46.9 Å². The molecule has 1 aromatic heterocycles. The van der Waals surface area contributed by atoms with Gasteiger partial charge in [-0.25, -0.2) is 0 Å². The first-order valence-corrected chi connectivity index (χ1v) is 6.90. The van der Waals surface area contributed by atoms with E-state index in [2.05, 4.69) is 30.5 Å². The molecule has 0 spiro atoms. The van der Waals surface area contributed by atoms with Crippen molar-refractivity contribution in [3.8, 4) is 0 Å². The lowest BCUT2D eigenvalue weighted by Crippen LogP contribution is -1.98. The maximum absolute atomic E-state index is 8.71. The molecule has 92 valence electrons. The quantitative estimate of drug-likeness (QED) is 0.797. The lowest BCUT2D eigenvalue weighted by Gasteiger charge is -2.07. The molecule has 0 unspecified atom stereocenters. The van der Waals surface area contributed by atoms with Gasteiger partial charge in [0.25, 0.3) is 0 Å². The molecule has 0 saturated heterocycles. The average molecular weight is 250 g/mol. The van der Waals surface area contributed by atoms with E-state index in [1.807, 2.05) is 0 Å². The van der Waals surface area contributed by atoms with E-state index in [1.165, 1.54) is 21.2 Å². The molecule has 0 bridgehead atoms. The van der Waals surface area contributed by atoms with E-state index in [0.717, 1.165) is 6.42 Å². The lowest BCUT2D eigenvalue weighted by molar-refractivity contribution is 0.105. The largest absolute Gasteiger partial charge is 0.396 e. The number of fused-ring (bicyclic) bond motifs is 1. The Kier molecular flexibility index (Phi) is 4.54. The number of aliphatic hydroxyl groups is 1. The first-order chi connectivity index (χ1) is 8.35. The molecule has 0 saturated carbocycles. The Morgan fingerprint density at radius 2 is 2.24 bits per heavy atom. The van der Waals surface area contributed by atoms with Gasteiger partial charge >= 0.3 is 0 Å². The first kappa shape index (κ1) is 12.6. The van der Waals surface area contributed by atoms with Crippen LogP contribution in [0, 0.1) is 0 Å². The second kappa shape index (κ2) is 6.15. The van der Waals surface area contributed by atoms with Crippen LogP contribution in [0.4, 0.5) is 0 Å². The van der Waals surface area contributed by atoms with Crippen molar-refractivity contribution in [3.05, 3.63) is 34.7 Å². The lowest BCUT2D eigenvalue weighted by atomic mass is 10.1. The van der Waals surface area contributed by atoms with Crippen LogP contribution in [0.25, 0.3) is 10.1 Å². The van der Waals surface area contributed by atoms with E-state index in [9.17, 15) is 0 Å². The summed E-state index contributed by atoms with van der Waals surface area (Å²) in [6, 6.07) is 6.65. The molecule has 0 fully saturated rings. The number of hydrogen-bond acceptors (Lipinski definition) is 3. The molecule has 0 aliphatic rings. The third-order valence-electron chi connectivity index (χ3n) is 2.83. The maximum atomic E-state index is 8.71. The van der Waals surface area contributed by atoms with Gasteiger partial charge < -0.3 is 9.84 Å². The van der Waals surface area contributed by atoms with Gasteiger partial charge in [0.15, 0.2) is 0 Å². The highest BCUT2D eigenvalue weighted by atomic mass is 32.1. The topological polar surface area (TPSA) is 29.5 Å². The fraction of sp³-hybridized carbons (Fsp3) is 0.429. The van der Waals surface area contributed by atoms with E-state index in [0.29, 0.717) is 19.6 Å². The van der Waals surface area contributed by atoms with Gasteiger partial charge in [0.2, 0.25) is 0 Å². The Hall–Kier alpha value is -0.900. The summed E-state index contributed by atoms with van der Waals surface area (Å²) >= 11 is 1.78. The molecule has 0 radical (unpaired) electrons. The maximum Gasteiger partial charge on any atom is 0.0723 e. The number of hydrogen-bond donors (Lipinski definition) is 1. The summed E-state index contributed by atoms with van der Waals surface area (Å²) in [5.74, 6) is 0. The number of rotatable bonds is 6. The van der Waals surface area contributed by atoms with Crippen molar-refractivity contribution in [2.75, 3.05) is 13.2 Å². The van der Waals surface area contributed by atoms with Crippen molar-refractivity contribution >= 4 is 21.4 Å². The zero-order chi connectivity index (χ0) is 12.1. The molecular formula is C14H18O2S. The number of aryl methyl sites for hydroxylation is 1. The van der Waals surface area contributed by atoms with Crippen molar-refractivity contribution in [3.63, 3.8) is 0 Å². The van der Waals surface area contributed by atoms with Crippen molar-refractivity contribution in [1.29, 1.82) is 0 Å². The minimum absolute atomic E-state index is 0.197. The van der Waals surface area contributed by atoms with Crippen molar-refractivity contribution in [2.24, 2.45) is 0 Å². The van der Waals surface area contributed by atoms with E-state index < -0.39 is 0 Å². The van der Waals surface area contributed by atoms with Crippen LogP contribution < -0.4 is 0 Å². The van der Waals surface area contributed by atoms with Crippen LogP contribution in [0.5, 0.6) is 0 Å². The van der Waals surface area contributed by atoms with E-state index in [4.69, 9.17) is 9.84 Å². The second-order valence-electron chi connectivity index (χ2n) is 4.07. The fourth-order valence-corrected chi connectivity index (χ4v) is 2.78. The van der Waals surface area contributed by atoms with Crippen LogP contribution >= 0.6 is 11.3 Å². The van der Waals surface area contributed by atoms with Crippen LogP contribution in [0.2, 0.25) is 0 Å². The highest BCUT2D eigenvalue weighted by Crippen LogP contribution is 2.27. The monoisotopic (exact) mass is 250 g/mol. The molecule has 3 heteroatoms. The van der Waals surface area contributed by atoms with Crippen molar-refractivity contribution < 1.29 is 9.84 Å². The minimum Gasteiger partial charge on any atom is -0.396 e. The Bertz CT molecular complexity index is 476. The second-order valence-corrected chi connectivity index (χ2v) is 5.02. The summed E-state index contributed by atoms with van der Waals surface area (Å²) < 4.78 is 6.92. The normalized spacial score (nSPS) is 11.2. The molecule has 1 N–H and O–H groups in total.